The van der Waals surface area contributed by atoms with Gasteiger partial charge in [-0.25, -0.2) is 0 Å². The highest BCUT2D eigenvalue weighted by molar-refractivity contribution is 5.89. The number of fused-ring (bicyclic) bond motifs is 1. The summed E-state index contributed by atoms with van der Waals surface area (Å²) in [6.45, 7) is 2.58. The number of aromatic nitrogens is 1. The van der Waals surface area contributed by atoms with Crippen LogP contribution >= 0.6 is 0 Å². The summed E-state index contributed by atoms with van der Waals surface area (Å²) in [6.07, 6.45) is 11.8. The zero-order valence-corrected chi connectivity index (χ0v) is 20.5. The zero-order valence-electron chi connectivity index (χ0n) is 20.5. The highest BCUT2D eigenvalue weighted by Gasteiger charge is 2.13. The van der Waals surface area contributed by atoms with Crippen LogP contribution in [-0.4, -0.2) is 24.2 Å². The lowest BCUT2D eigenvalue weighted by Crippen LogP contribution is -2.35. The topological polar surface area (TPSA) is 76.7 Å². The van der Waals surface area contributed by atoms with Gasteiger partial charge in [-0.2, -0.15) is 4.57 Å². The molecule has 1 aromatic heterocycles. The summed E-state index contributed by atoms with van der Waals surface area (Å²) < 4.78 is 13.0. The van der Waals surface area contributed by atoms with Crippen LogP contribution in [0.25, 0.3) is 23.1 Å². The number of esters is 1. The third kappa shape index (κ3) is 7.67. The number of carboxylic acid groups (broad SMARTS) is 1. The Hall–Kier alpha value is -3.67. The Morgan fingerprint density at radius 1 is 0.943 bits per heavy atom. The van der Waals surface area contributed by atoms with Crippen LogP contribution in [0.3, 0.4) is 0 Å². The SMILES string of the molecule is CCCCCCCC(=O)Oc1ccc(/C=C/c2cc[n+](CCC(=O)O)c3ccccc23)cc1OC. The summed E-state index contributed by atoms with van der Waals surface area (Å²) >= 11 is 0. The number of hydrogen-bond donors (Lipinski definition) is 1. The normalized spacial score (nSPS) is 11.1. The van der Waals surface area contributed by atoms with Gasteiger partial charge in [0, 0.05) is 18.6 Å². The molecule has 2 aromatic carbocycles. The van der Waals surface area contributed by atoms with Crippen LogP contribution in [-0.2, 0) is 16.1 Å². The third-order valence-corrected chi connectivity index (χ3v) is 5.88. The molecular weight excluding hydrogens is 442 g/mol. The number of benzene rings is 2. The number of rotatable bonds is 13. The second kappa shape index (κ2) is 13.3. The fourth-order valence-corrected chi connectivity index (χ4v) is 3.97. The number of methoxy groups -OCH3 is 1. The number of aryl methyl sites for hydroxylation is 1. The Morgan fingerprint density at radius 3 is 2.51 bits per heavy atom. The number of pyridine rings is 1. The first kappa shape index (κ1) is 25.9. The van der Waals surface area contributed by atoms with Crippen molar-refractivity contribution in [3.63, 3.8) is 0 Å². The van der Waals surface area contributed by atoms with E-state index in [4.69, 9.17) is 14.6 Å². The van der Waals surface area contributed by atoms with Gasteiger partial charge >= 0.3 is 11.9 Å². The standard InChI is InChI=1S/C29H33NO5/c1-3-4-5-6-7-12-29(33)35-26-16-14-22(21-27(26)34-2)13-15-23-17-19-30(20-18-28(31)32)25-11-9-8-10-24(23)25/h8-11,13-17,19,21H,3-7,12,18,20H2,1-2H3/p+1/b15-13+. The quantitative estimate of drug-likeness (QED) is 0.141. The van der Waals surface area contributed by atoms with E-state index in [9.17, 15) is 9.59 Å². The number of aliphatic carboxylic acids is 1. The fourth-order valence-electron chi connectivity index (χ4n) is 3.97. The van der Waals surface area contributed by atoms with Crippen molar-refractivity contribution in [2.75, 3.05) is 7.11 Å². The summed E-state index contributed by atoms with van der Waals surface area (Å²) in [5.74, 6) is -0.126. The van der Waals surface area contributed by atoms with Gasteiger partial charge < -0.3 is 14.6 Å². The van der Waals surface area contributed by atoms with Crippen molar-refractivity contribution >= 4 is 35.0 Å². The smallest absolute Gasteiger partial charge is 0.311 e. The first-order valence-corrected chi connectivity index (χ1v) is 12.2. The average Bonchev–Trinajstić information content (AvgIpc) is 2.86. The maximum absolute atomic E-state index is 12.2. The van der Waals surface area contributed by atoms with E-state index < -0.39 is 5.97 Å². The van der Waals surface area contributed by atoms with E-state index in [0.717, 1.165) is 41.3 Å². The number of ether oxygens (including phenoxy) is 2. The van der Waals surface area contributed by atoms with Crippen molar-refractivity contribution in [3.05, 3.63) is 65.9 Å². The molecule has 1 heterocycles. The molecule has 0 atom stereocenters. The molecule has 3 aromatic rings. The van der Waals surface area contributed by atoms with Gasteiger partial charge in [-0.05, 0) is 35.7 Å². The van der Waals surface area contributed by atoms with Crippen LogP contribution < -0.4 is 14.0 Å². The zero-order chi connectivity index (χ0) is 25.0. The Balaban J connectivity index is 1.72. The van der Waals surface area contributed by atoms with Crippen molar-refractivity contribution in [2.24, 2.45) is 0 Å². The van der Waals surface area contributed by atoms with Crippen molar-refractivity contribution in [1.29, 1.82) is 0 Å². The molecule has 6 nitrogen and oxygen atoms in total. The van der Waals surface area contributed by atoms with Gasteiger partial charge in [0.05, 0.1) is 12.5 Å². The predicted octanol–water partition coefficient (Wildman–Crippen LogP) is 6.05. The molecular formula is C29H34NO5+. The molecule has 0 amide bonds. The molecule has 0 aliphatic heterocycles. The van der Waals surface area contributed by atoms with Crippen LogP contribution in [0.4, 0.5) is 0 Å². The first-order chi connectivity index (χ1) is 17.0. The molecule has 35 heavy (non-hydrogen) atoms. The van der Waals surface area contributed by atoms with Gasteiger partial charge in [0.2, 0.25) is 5.52 Å². The van der Waals surface area contributed by atoms with Gasteiger partial charge in [-0.15, -0.1) is 0 Å². The maximum atomic E-state index is 12.2. The summed E-state index contributed by atoms with van der Waals surface area (Å²) in [6, 6.07) is 15.4. The molecule has 0 spiro atoms. The van der Waals surface area contributed by atoms with Crippen LogP contribution in [0.5, 0.6) is 11.5 Å². The fraction of sp³-hybridized carbons (Fsp3) is 0.345. The van der Waals surface area contributed by atoms with E-state index >= 15 is 0 Å². The van der Waals surface area contributed by atoms with Crippen molar-refractivity contribution in [3.8, 4) is 11.5 Å². The van der Waals surface area contributed by atoms with E-state index in [2.05, 4.69) is 6.92 Å². The minimum absolute atomic E-state index is 0.0689. The lowest BCUT2D eigenvalue weighted by molar-refractivity contribution is -0.670. The predicted molar refractivity (Wildman–Crippen MR) is 137 cm³/mol. The van der Waals surface area contributed by atoms with E-state index in [1.54, 1.807) is 13.2 Å². The molecule has 0 fully saturated rings. The number of carbonyl (C=O) groups excluding carboxylic acids is 1. The number of hydrogen-bond acceptors (Lipinski definition) is 4. The molecule has 1 N–H and O–H groups in total. The van der Waals surface area contributed by atoms with Crippen molar-refractivity contribution in [2.45, 2.75) is 58.4 Å². The van der Waals surface area contributed by atoms with Gasteiger partial charge in [0.15, 0.2) is 24.2 Å². The molecule has 0 saturated carbocycles. The second-order valence-electron chi connectivity index (χ2n) is 8.51. The molecule has 0 aliphatic carbocycles. The number of para-hydroxylation sites is 1. The molecule has 0 bridgehead atoms. The van der Waals surface area contributed by atoms with Crippen molar-refractivity contribution in [1.82, 2.24) is 0 Å². The van der Waals surface area contributed by atoms with Crippen LogP contribution in [0, 0.1) is 0 Å². The molecule has 3 rings (SSSR count). The number of carboxylic acids is 1. The summed E-state index contributed by atoms with van der Waals surface area (Å²) in [4.78, 5) is 23.2. The van der Waals surface area contributed by atoms with Gasteiger partial charge in [0.25, 0.3) is 0 Å². The van der Waals surface area contributed by atoms with Gasteiger partial charge in [0.1, 0.15) is 6.42 Å². The van der Waals surface area contributed by atoms with E-state index in [-0.39, 0.29) is 12.4 Å². The molecule has 184 valence electrons. The van der Waals surface area contributed by atoms with Crippen LogP contribution in [0.2, 0.25) is 0 Å². The average molecular weight is 477 g/mol. The molecule has 0 saturated heterocycles. The Morgan fingerprint density at radius 2 is 1.74 bits per heavy atom. The lowest BCUT2D eigenvalue weighted by Gasteiger charge is -2.10. The molecule has 6 heteroatoms. The second-order valence-corrected chi connectivity index (χ2v) is 8.51. The highest BCUT2D eigenvalue weighted by Crippen LogP contribution is 2.29. The molecule has 0 unspecified atom stereocenters. The minimum atomic E-state index is -0.819. The third-order valence-electron chi connectivity index (χ3n) is 5.88. The van der Waals surface area contributed by atoms with E-state index in [1.165, 1.54) is 12.8 Å². The molecule has 0 aliphatic rings. The largest absolute Gasteiger partial charge is 0.493 e. The van der Waals surface area contributed by atoms with E-state index in [0.29, 0.717) is 24.5 Å². The highest BCUT2D eigenvalue weighted by atomic mass is 16.6. The monoisotopic (exact) mass is 476 g/mol. The maximum Gasteiger partial charge on any atom is 0.311 e. The van der Waals surface area contributed by atoms with Crippen molar-refractivity contribution < 1.29 is 28.7 Å². The number of carbonyl (C=O) groups is 2. The first-order valence-electron chi connectivity index (χ1n) is 12.2. The minimum Gasteiger partial charge on any atom is -0.493 e. The van der Waals surface area contributed by atoms with Crippen LogP contribution in [0.15, 0.2) is 54.7 Å². The van der Waals surface area contributed by atoms with Crippen LogP contribution in [0.1, 0.15) is 63.0 Å². The van der Waals surface area contributed by atoms with Gasteiger partial charge in [-0.3, -0.25) is 9.59 Å². The Labute approximate surface area is 206 Å². The number of nitrogens with zero attached hydrogens (tertiary/aromatic N) is 1. The molecule has 0 radical (unpaired) electrons. The summed E-state index contributed by atoms with van der Waals surface area (Å²) in [5, 5.41) is 10.1. The summed E-state index contributed by atoms with van der Waals surface area (Å²) in [5.41, 5.74) is 2.91. The summed E-state index contributed by atoms with van der Waals surface area (Å²) in [7, 11) is 1.56. The number of unbranched alkanes of at least 4 members (excludes halogenated alkanes) is 4. The lowest BCUT2D eigenvalue weighted by atomic mass is 10.1. The Bertz CT molecular complexity index is 1180. The Kier molecular flexibility index (Phi) is 9.84. The van der Waals surface area contributed by atoms with E-state index in [1.807, 2.05) is 65.4 Å². The van der Waals surface area contributed by atoms with Gasteiger partial charge in [-0.1, -0.05) is 63.0 Å².